The predicted octanol–water partition coefficient (Wildman–Crippen LogP) is -0.226. The van der Waals surface area contributed by atoms with E-state index in [1.165, 1.54) is 23.8 Å². The van der Waals surface area contributed by atoms with Gasteiger partial charge >= 0.3 is 0 Å². The molecule has 11 heteroatoms. The Balaban J connectivity index is 1.58. The van der Waals surface area contributed by atoms with E-state index >= 15 is 0 Å². The van der Waals surface area contributed by atoms with Gasteiger partial charge in [-0.25, -0.2) is 18.4 Å². The number of hydrogen-bond donors (Lipinski definition) is 0. The van der Waals surface area contributed by atoms with E-state index in [9.17, 15) is 13.2 Å². The fraction of sp³-hybridized carbons (Fsp3) is 0.667. The highest BCUT2D eigenvalue weighted by molar-refractivity contribution is 7.90. The monoisotopic (exact) mass is 402 g/mol. The molecule has 0 aromatic carbocycles. The number of sulfonamides is 1. The van der Waals surface area contributed by atoms with Crippen LogP contribution in [0.3, 0.4) is 0 Å². The van der Waals surface area contributed by atoms with Crippen LogP contribution in [-0.4, -0.2) is 90.3 Å². The Labute approximate surface area is 156 Å². The van der Waals surface area contributed by atoms with E-state index < -0.39 is 20.9 Å². The summed E-state index contributed by atoms with van der Waals surface area (Å²) in [5.41, 5.74) is -0.905. The molecule has 3 aliphatic heterocycles. The van der Waals surface area contributed by atoms with E-state index in [-0.39, 0.29) is 37.5 Å². The number of ether oxygens (including phenoxy) is 2. The van der Waals surface area contributed by atoms with Crippen molar-refractivity contribution in [1.29, 1.82) is 0 Å². The van der Waals surface area contributed by atoms with E-state index in [0.717, 1.165) is 0 Å². The third kappa shape index (κ3) is 2.80. The summed E-state index contributed by atoms with van der Waals surface area (Å²) in [4.78, 5) is 22.3. The van der Waals surface area contributed by atoms with E-state index in [1.54, 1.807) is 4.90 Å². The zero-order valence-corrected chi connectivity index (χ0v) is 15.7. The Morgan fingerprint density at radius 3 is 2.85 bits per heavy atom. The molecule has 3 aliphatic rings. The molecule has 1 amide bonds. The van der Waals surface area contributed by atoms with Crippen molar-refractivity contribution in [2.45, 2.75) is 23.4 Å². The fourth-order valence-electron chi connectivity index (χ4n) is 4.06. The Kier molecular flexibility index (Phi) is 4.43. The molecule has 1 aromatic heterocycles. The molecule has 9 nitrogen and oxygen atoms in total. The van der Waals surface area contributed by atoms with Crippen LogP contribution in [0.1, 0.15) is 17.0 Å². The molecule has 1 unspecified atom stereocenters. The Hall–Kier alpha value is -1.33. The molecule has 0 radical (unpaired) electrons. The number of halogens is 1. The molecule has 4 rings (SSSR count). The molecule has 0 saturated carbocycles. The van der Waals surface area contributed by atoms with Gasteiger partial charge in [0.25, 0.3) is 5.91 Å². The highest BCUT2D eigenvalue weighted by Gasteiger charge is 2.65. The molecule has 4 heterocycles. The maximum atomic E-state index is 12.8. The SMILES string of the molecule is COCCN1CC23CN(C(=O)c4ncc(Cl)cn4)C[C@@H](C[C@@H]2S1(=O)=O)O3. The Bertz CT molecular complexity index is 820. The summed E-state index contributed by atoms with van der Waals surface area (Å²) in [6.07, 6.45) is 2.82. The lowest BCUT2D eigenvalue weighted by Crippen LogP contribution is -2.56. The number of rotatable bonds is 4. The molecule has 3 fully saturated rings. The molecule has 2 bridgehead atoms. The quantitative estimate of drug-likeness (QED) is 0.685. The highest BCUT2D eigenvalue weighted by Crippen LogP contribution is 2.46. The van der Waals surface area contributed by atoms with Crippen LogP contribution in [0, 0.1) is 0 Å². The van der Waals surface area contributed by atoms with Crippen molar-refractivity contribution >= 4 is 27.5 Å². The van der Waals surface area contributed by atoms with Gasteiger partial charge in [-0.05, 0) is 6.42 Å². The lowest BCUT2D eigenvalue weighted by Gasteiger charge is -2.39. The van der Waals surface area contributed by atoms with Gasteiger partial charge in [0.2, 0.25) is 15.8 Å². The molecule has 3 atom stereocenters. The van der Waals surface area contributed by atoms with Crippen LogP contribution in [0.25, 0.3) is 0 Å². The van der Waals surface area contributed by atoms with Crippen LogP contribution in [0.2, 0.25) is 5.02 Å². The van der Waals surface area contributed by atoms with Crippen molar-refractivity contribution in [2.75, 3.05) is 39.9 Å². The largest absolute Gasteiger partial charge is 0.383 e. The van der Waals surface area contributed by atoms with Crippen molar-refractivity contribution in [3.63, 3.8) is 0 Å². The number of likely N-dealkylation sites (tertiary alicyclic amines) is 1. The normalized spacial score (nSPS) is 32.6. The van der Waals surface area contributed by atoms with Crippen LogP contribution in [0.15, 0.2) is 12.4 Å². The third-order valence-corrected chi connectivity index (χ3v) is 7.72. The number of nitrogens with zero attached hydrogens (tertiary/aromatic N) is 4. The Morgan fingerprint density at radius 2 is 2.15 bits per heavy atom. The van der Waals surface area contributed by atoms with E-state index in [0.29, 0.717) is 24.6 Å². The first-order valence-corrected chi connectivity index (χ1v) is 10.2. The highest BCUT2D eigenvalue weighted by atomic mass is 35.5. The third-order valence-electron chi connectivity index (χ3n) is 5.15. The maximum absolute atomic E-state index is 12.8. The van der Waals surface area contributed by atoms with E-state index in [1.807, 2.05) is 0 Å². The second-order valence-electron chi connectivity index (χ2n) is 6.81. The van der Waals surface area contributed by atoms with Crippen molar-refractivity contribution < 1.29 is 22.7 Å². The number of hydrogen-bond acceptors (Lipinski definition) is 7. The molecule has 1 spiro atoms. The van der Waals surface area contributed by atoms with Gasteiger partial charge in [-0.3, -0.25) is 4.79 Å². The molecule has 0 aliphatic carbocycles. The van der Waals surface area contributed by atoms with Crippen LogP contribution in [0.5, 0.6) is 0 Å². The summed E-state index contributed by atoms with van der Waals surface area (Å²) in [6.45, 7) is 1.34. The number of aromatic nitrogens is 2. The van der Waals surface area contributed by atoms with Gasteiger partial charge in [0, 0.05) is 39.1 Å². The minimum absolute atomic E-state index is 0.0424. The first kappa shape index (κ1) is 18.1. The van der Waals surface area contributed by atoms with Crippen molar-refractivity contribution in [3.05, 3.63) is 23.2 Å². The van der Waals surface area contributed by atoms with Crippen molar-refractivity contribution in [3.8, 4) is 0 Å². The number of fused-ring (bicyclic) bond motifs is 1. The molecule has 1 aromatic rings. The average molecular weight is 403 g/mol. The van der Waals surface area contributed by atoms with Gasteiger partial charge in [0.1, 0.15) is 10.9 Å². The first-order valence-electron chi connectivity index (χ1n) is 8.28. The minimum Gasteiger partial charge on any atom is -0.383 e. The molecule has 142 valence electrons. The van der Waals surface area contributed by atoms with Crippen LogP contribution < -0.4 is 0 Å². The molecular formula is C15H19ClN4O5S. The predicted molar refractivity (Wildman–Crippen MR) is 91.3 cm³/mol. The van der Waals surface area contributed by atoms with Gasteiger partial charge in [-0.15, -0.1) is 0 Å². The lowest BCUT2D eigenvalue weighted by molar-refractivity contribution is -0.0983. The lowest BCUT2D eigenvalue weighted by atomic mass is 9.99. The van der Waals surface area contributed by atoms with Crippen LogP contribution >= 0.6 is 11.6 Å². The molecule has 3 saturated heterocycles. The number of morpholine rings is 1. The summed E-state index contributed by atoms with van der Waals surface area (Å²) in [5.74, 6) is -0.302. The number of carbonyl (C=O) groups is 1. The van der Waals surface area contributed by atoms with Gasteiger partial charge in [-0.2, -0.15) is 4.31 Å². The zero-order valence-electron chi connectivity index (χ0n) is 14.2. The summed E-state index contributed by atoms with van der Waals surface area (Å²) >= 11 is 5.77. The molecular weight excluding hydrogens is 384 g/mol. The number of carbonyl (C=O) groups excluding carboxylic acids is 1. The van der Waals surface area contributed by atoms with E-state index in [2.05, 4.69) is 9.97 Å². The summed E-state index contributed by atoms with van der Waals surface area (Å²) in [7, 11) is -1.95. The second kappa shape index (κ2) is 6.38. The summed E-state index contributed by atoms with van der Waals surface area (Å²) < 4.78 is 38.2. The molecule has 26 heavy (non-hydrogen) atoms. The fourth-order valence-corrected chi connectivity index (χ4v) is 6.45. The second-order valence-corrected chi connectivity index (χ2v) is 9.36. The van der Waals surface area contributed by atoms with Crippen molar-refractivity contribution in [2.24, 2.45) is 0 Å². The minimum atomic E-state index is -3.48. The van der Waals surface area contributed by atoms with Crippen molar-refractivity contribution in [1.82, 2.24) is 19.2 Å². The van der Waals surface area contributed by atoms with E-state index in [4.69, 9.17) is 21.1 Å². The average Bonchev–Trinajstić information content (AvgIpc) is 2.98. The summed E-state index contributed by atoms with van der Waals surface area (Å²) in [6, 6.07) is 0. The Morgan fingerprint density at radius 1 is 1.42 bits per heavy atom. The molecule has 0 N–H and O–H groups in total. The van der Waals surface area contributed by atoms with Gasteiger partial charge < -0.3 is 14.4 Å². The van der Waals surface area contributed by atoms with Crippen LogP contribution in [-0.2, 0) is 19.5 Å². The topological polar surface area (TPSA) is 102 Å². The zero-order chi connectivity index (χ0) is 18.5. The smallest absolute Gasteiger partial charge is 0.291 e. The maximum Gasteiger partial charge on any atom is 0.291 e. The van der Waals surface area contributed by atoms with Gasteiger partial charge in [-0.1, -0.05) is 11.6 Å². The van der Waals surface area contributed by atoms with Crippen LogP contribution in [0.4, 0.5) is 0 Å². The van der Waals surface area contributed by atoms with Gasteiger partial charge in [0.15, 0.2) is 0 Å². The van der Waals surface area contributed by atoms with Gasteiger partial charge in [0.05, 0.1) is 24.3 Å². The number of amides is 1. The first-order chi connectivity index (χ1) is 12.4. The number of methoxy groups -OCH3 is 1. The standard InChI is InChI=1S/C15H19ClN4O5S/c1-24-3-2-20-9-15-8-19(14(21)13-17-5-10(16)6-18-13)7-11(25-15)4-12(15)26(20,22)23/h5-6,11-12H,2-4,7-9H2,1H3/t11-,12+,15?/m1/s1. The summed E-state index contributed by atoms with van der Waals surface area (Å²) in [5, 5.41) is -0.293.